The fourth-order valence-corrected chi connectivity index (χ4v) is 2.57. The second-order valence-electron chi connectivity index (χ2n) is 3.15. The highest BCUT2D eigenvalue weighted by Gasteiger charge is 2.15. The minimum absolute atomic E-state index is 0.00602. The summed E-state index contributed by atoms with van der Waals surface area (Å²) >= 11 is 12.7. The van der Waals surface area contributed by atoms with Gasteiger partial charge in [0.25, 0.3) is 5.69 Å². The maximum atomic E-state index is 10.9. The minimum atomic E-state index is -0.452. The van der Waals surface area contributed by atoms with Crippen molar-refractivity contribution in [2.45, 2.75) is 9.79 Å². The second-order valence-corrected chi connectivity index (χ2v) is 4.98. The molecule has 0 aliphatic rings. The summed E-state index contributed by atoms with van der Waals surface area (Å²) < 4.78 is 0. The predicted molar refractivity (Wildman–Crippen MR) is 69.3 cm³/mol. The van der Waals surface area contributed by atoms with Gasteiger partial charge in [0.2, 0.25) is 0 Å². The van der Waals surface area contributed by atoms with Gasteiger partial charge in [-0.25, -0.2) is 0 Å². The largest absolute Gasteiger partial charge is 0.283 e. The number of hydrogen-bond acceptors (Lipinski definition) is 5. The van der Waals surface area contributed by atoms with Crippen LogP contribution in [0.2, 0.25) is 10.3 Å². The lowest BCUT2D eigenvalue weighted by molar-refractivity contribution is -0.387. The van der Waals surface area contributed by atoms with E-state index in [2.05, 4.69) is 10.2 Å². The van der Waals surface area contributed by atoms with E-state index in [0.717, 1.165) is 11.8 Å². The Morgan fingerprint density at radius 2 is 1.89 bits per heavy atom. The molecule has 8 heteroatoms. The molecule has 0 aliphatic carbocycles. The number of benzene rings is 1. The molecule has 5 nitrogen and oxygen atoms in total. The molecule has 0 bridgehead atoms. The molecule has 0 spiro atoms. The van der Waals surface area contributed by atoms with Crippen LogP contribution in [-0.2, 0) is 0 Å². The lowest BCUT2D eigenvalue weighted by atomic mass is 10.3. The Balaban J connectivity index is 2.40. The minimum Gasteiger partial charge on any atom is -0.258 e. The second kappa shape index (κ2) is 5.51. The van der Waals surface area contributed by atoms with Crippen molar-refractivity contribution in [2.75, 3.05) is 0 Å². The monoisotopic (exact) mass is 301 g/mol. The van der Waals surface area contributed by atoms with Crippen LogP contribution in [0.5, 0.6) is 0 Å². The van der Waals surface area contributed by atoms with Crippen molar-refractivity contribution < 1.29 is 4.92 Å². The van der Waals surface area contributed by atoms with Gasteiger partial charge in [-0.1, -0.05) is 47.1 Å². The van der Waals surface area contributed by atoms with E-state index in [9.17, 15) is 10.1 Å². The molecule has 1 aromatic heterocycles. The van der Waals surface area contributed by atoms with Gasteiger partial charge in [0.15, 0.2) is 10.3 Å². The molecule has 0 saturated heterocycles. The fraction of sp³-hybridized carbons (Fsp3) is 0. The first kappa shape index (κ1) is 13.1. The van der Waals surface area contributed by atoms with Gasteiger partial charge in [-0.15, -0.1) is 10.2 Å². The zero-order valence-corrected chi connectivity index (χ0v) is 11.0. The number of nitrogens with zero attached hydrogens (tertiary/aromatic N) is 3. The summed E-state index contributed by atoms with van der Waals surface area (Å²) in [5, 5.41) is 18.4. The number of nitro groups is 1. The van der Waals surface area contributed by atoms with Crippen molar-refractivity contribution in [3.63, 3.8) is 0 Å². The highest BCUT2D eigenvalue weighted by Crippen LogP contribution is 2.37. The molecule has 0 atom stereocenters. The lowest BCUT2D eigenvalue weighted by Crippen LogP contribution is -1.91. The average Bonchev–Trinajstić information content (AvgIpc) is 2.34. The van der Waals surface area contributed by atoms with Gasteiger partial charge in [0.1, 0.15) is 0 Å². The highest BCUT2D eigenvalue weighted by atomic mass is 35.5. The molecule has 2 aromatic rings. The summed E-state index contributed by atoms with van der Waals surface area (Å²) in [5.41, 5.74) is 0.00602. The smallest absolute Gasteiger partial charge is 0.258 e. The van der Waals surface area contributed by atoms with Crippen LogP contribution in [-0.4, -0.2) is 15.1 Å². The van der Waals surface area contributed by atoms with Crippen molar-refractivity contribution >= 4 is 40.7 Å². The first-order valence-electron chi connectivity index (χ1n) is 4.68. The maximum absolute atomic E-state index is 10.9. The van der Waals surface area contributed by atoms with Gasteiger partial charge in [-0.05, 0) is 12.1 Å². The molecule has 0 amide bonds. The Hall–Kier alpha value is -1.37. The molecule has 0 N–H and O–H groups in total. The molecule has 2 rings (SSSR count). The number of nitro benzene ring substituents is 1. The summed E-state index contributed by atoms with van der Waals surface area (Å²) in [6.07, 6.45) is 0. The molecule has 0 aliphatic heterocycles. The molecular weight excluding hydrogens is 297 g/mol. The van der Waals surface area contributed by atoms with Crippen molar-refractivity contribution in [2.24, 2.45) is 0 Å². The third kappa shape index (κ3) is 2.90. The molecule has 0 unspecified atom stereocenters. The average molecular weight is 302 g/mol. The van der Waals surface area contributed by atoms with Crippen molar-refractivity contribution in [1.82, 2.24) is 10.2 Å². The SMILES string of the molecule is O=[N+]([O-])c1ccccc1Sc1cc(Cl)nnc1Cl. The molecular formula is C10H5Cl2N3O2S. The van der Waals surface area contributed by atoms with E-state index in [1.165, 1.54) is 12.1 Å². The number of para-hydroxylation sites is 1. The Bertz CT molecular complexity index is 609. The van der Waals surface area contributed by atoms with Crippen molar-refractivity contribution in [3.05, 3.63) is 50.8 Å². The van der Waals surface area contributed by atoms with Gasteiger partial charge < -0.3 is 0 Å². The quantitative estimate of drug-likeness (QED) is 0.636. The predicted octanol–water partition coefficient (Wildman–Crippen LogP) is 3.84. The van der Waals surface area contributed by atoms with Gasteiger partial charge in [-0.3, -0.25) is 10.1 Å². The van der Waals surface area contributed by atoms with Crippen LogP contribution in [0.25, 0.3) is 0 Å². The highest BCUT2D eigenvalue weighted by molar-refractivity contribution is 7.99. The molecule has 18 heavy (non-hydrogen) atoms. The molecule has 92 valence electrons. The number of rotatable bonds is 3. The van der Waals surface area contributed by atoms with E-state index < -0.39 is 4.92 Å². The number of halogens is 2. The van der Waals surface area contributed by atoms with Crippen LogP contribution in [0, 0.1) is 10.1 Å². The zero-order valence-electron chi connectivity index (χ0n) is 8.71. The normalized spacial score (nSPS) is 10.3. The Morgan fingerprint density at radius 1 is 1.17 bits per heavy atom. The summed E-state index contributed by atoms with van der Waals surface area (Å²) in [5.74, 6) is 0. The molecule has 0 fully saturated rings. The molecule has 0 radical (unpaired) electrons. The van der Waals surface area contributed by atoms with Crippen molar-refractivity contribution in [1.29, 1.82) is 0 Å². The summed E-state index contributed by atoms with van der Waals surface area (Å²) in [6, 6.07) is 7.87. The lowest BCUT2D eigenvalue weighted by Gasteiger charge is -2.03. The molecule has 1 aromatic carbocycles. The van der Waals surface area contributed by atoms with Crippen LogP contribution in [0.1, 0.15) is 0 Å². The Labute approximate surface area is 116 Å². The van der Waals surface area contributed by atoms with E-state index in [1.54, 1.807) is 18.2 Å². The van der Waals surface area contributed by atoms with Gasteiger partial charge in [0.05, 0.1) is 14.7 Å². The van der Waals surface area contributed by atoms with Crippen LogP contribution in [0.15, 0.2) is 40.1 Å². The van der Waals surface area contributed by atoms with E-state index in [-0.39, 0.29) is 16.0 Å². The van der Waals surface area contributed by atoms with E-state index in [0.29, 0.717) is 9.79 Å². The maximum Gasteiger partial charge on any atom is 0.283 e. The van der Waals surface area contributed by atoms with Gasteiger partial charge >= 0.3 is 0 Å². The number of hydrogen-bond donors (Lipinski definition) is 0. The van der Waals surface area contributed by atoms with E-state index in [1.807, 2.05) is 0 Å². The third-order valence-corrected chi connectivity index (χ3v) is 3.64. The summed E-state index contributed by atoms with van der Waals surface area (Å²) in [7, 11) is 0. The van der Waals surface area contributed by atoms with Crippen molar-refractivity contribution in [3.8, 4) is 0 Å². The van der Waals surface area contributed by atoms with Crippen LogP contribution in [0.3, 0.4) is 0 Å². The van der Waals surface area contributed by atoms with Crippen LogP contribution in [0.4, 0.5) is 5.69 Å². The molecule has 1 heterocycles. The standard InChI is InChI=1S/C10H5Cl2N3O2S/c11-9-5-8(10(12)14-13-9)18-7-4-2-1-3-6(7)15(16)17/h1-5H. The summed E-state index contributed by atoms with van der Waals surface area (Å²) in [6.45, 7) is 0. The fourth-order valence-electron chi connectivity index (χ4n) is 1.22. The van der Waals surface area contributed by atoms with Gasteiger partial charge in [-0.2, -0.15) is 0 Å². The third-order valence-electron chi connectivity index (χ3n) is 1.97. The van der Waals surface area contributed by atoms with Crippen LogP contribution < -0.4 is 0 Å². The topological polar surface area (TPSA) is 68.9 Å². The van der Waals surface area contributed by atoms with Crippen LogP contribution >= 0.6 is 35.0 Å². The first-order chi connectivity index (χ1) is 8.58. The Morgan fingerprint density at radius 3 is 2.61 bits per heavy atom. The van der Waals surface area contributed by atoms with Gasteiger partial charge in [0, 0.05) is 6.07 Å². The first-order valence-corrected chi connectivity index (χ1v) is 6.25. The number of aromatic nitrogens is 2. The zero-order chi connectivity index (χ0) is 13.1. The van der Waals surface area contributed by atoms with E-state index in [4.69, 9.17) is 23.2 Å². The Kier molecular flexibility index (Phi) is 4.00. The summed E-state index contributed by atoms with van der Waals surface area (Å²) in [4.78, 5) is 11.4. The van der Waals surface area contributed by atoms with E-state index >= 15 is 0 Å². The molecule has 0 saturated carbocycles.